The van der Waals surface area contributed by atoms with Crippen molar-refractivity contribution in [1.29, 1.82) is 0 Å². The highest BCUT2D eigenvalue weighted by Crippen LogP contribution is 1.68. The van der Waals surface area contributed by atoms with Gasteiger partial charge < -0.3 is 31.5 Å². The van der Waals surface area contributed by atoms with Gasteiger partial charge in [0, 0.05) is 0 Å². The van der Waals surface area contributed by atoms with Crippen molar-refractivity contribution in [2.75, 3.05) is 0 Å². The molecule has 0 rings (SSSR count). The fourth-order valence-electron chi connectivity index (χ4n) is 0. The molecule has 0 N–H and O–H groups in total. The molecule has 0 saturated carbocycles. The molecule has 0 aromatic rings. The fourth-order valence-corrected chi connectivity index (χ4v) is 0. The second-order valence-electron chi connectivity index (χ2n) is 1.73. The predicted molar refractivity (Wildman–Crippen MR) is 23.3 cm³/mol. The standard InChI is InChI=1S/3CH3.Al/h3*1H3;/q;;;-3. The summed E-state index contributed by atoms with van der Waals surface area (Å²) in [6.07, 6.45) is 0. The van der Waals surface area contributed by atoms with Gasteiger partial charge in [-0.2, -0.15) is 0 Å². The summed E-state index contributed by atoms with van der Waals surface area (Å²) in [6, 6.07) is 0. The van der Waals surface area contributed by atoms with Crippen LogP contribution in [0.15, 0.2) is 0 Å². The van der Waals surface area contributed by atoms with E-state index in [0.717, 1.165) is 0 Å². The van der Waals surface area contributed by atoms with Gasteiger partial charge in [0.25, 0.3) is 0 Å². The smallest absolute Gasteiger partial charge is 0.438 e. The Morgan fingerprint density at radius 1 is 1.00 bits per heavy atom. The molecular formula is C3H9Al-3. The van der Waals surface area contributed by atoms with Crippen LogP contribution in [0.3, 0.4) is 0 Å². The lowest BCUT2D eigenvalue weighted by Crippen LogP contribution is -1.84. The van der Waals surface area contributed by atoms with Crippen molar-refractivity contribution >= 4 is 14.1 Å². The summed E-state index contributed by atoms with van der Waals surface area (Å²) in [6.45, 7) is 0. The van der Waals surface area contributed by atoms with Gasteiger partial charge in [-0.1, -0.05) is 0 Å². The van der Waals surface area contributed by atoms with Crippen LogP contribution in [0.1, 0.15) is 0 Å². The fraction of sp³-hybridized carbons (Fsp3) is 1.00. The minimum atomic E-state index is -0.139. The molecule has 1 heteroatoms. The first-order chi connectivity index (χ1) is 1.73. The Kier molecular flexibility index (Phi) is 2.06. The number of rotatable bonds is 0. The molecule has 0 aliphatic carbocycles. The molecule has 0 radical (unpaired) electrons. The Hall–Kier alpha value is 0.532. The molecule has 0 bridgehead atoms. The number of hydrogen-bond donors (Lipinski definition) is 0. The van der Waals surface area contributed by atoms with E-state index in [2.05, 4.69) is 17.4 Å². The van der Waals surface area contributed by atoms with E-state index < -0.39 is 0 Å². The minimum absolute atomic E-state index is 0.139. The van der Waals surface area contributed by atoms with Crippen molar-refractivity contribution in [2.24, 2.45) is 0 Å². The van der Waals surface area contributed by atoms with Crippen LogP contribution >= 0.6 is 0 Å². The molecule has 0 heterocycles. The van der Waals surface area contributed by atoms with E-state index in [0.29, 0.717) is 0 Å². The highest BCUT2D eigenvalue weighted by Gasteiger charge is 0.976. The molecule has 0 unspecified atom stereocenters. The van der Waals surface area contributed by atoms with Crippen LogP contribution in [0.4, 0.5) is 0 Å². The third kappa shape index (κ3) is 21.0. The molecule has 0 nitrogen and oxygen atoms in total. The van der Waals surface area contributed by atoms with Crippen molar-refractivity contribution in [3.63, 3.8) is 0 Å². The Morgan fingerprint density at radius 2 is 1.00 bits per heavy atom. The first-order valence-corrected chi connectivity index (χ1v) is 5.20. The molecule has 0 atom stereocenters. The molecular weight excluding hydrogens is 63.0 g/mol. The van der Waals surface area contributed by atoms with Gasteiger partial charge in [0.1, 0.15) is 0 Å². The maximum Gasteiger partial charge on any atom is -0.438 e. The van der Waals surface area contributed by atoms with Gasteiger partial charge in [0.15, 0.2) is 0 Å². The lowest BCUT2D eigenvalue weighted by atomic mass is 11.8. The van der Waals surface area contributed by atoms with Gasteiger partial charge >= 0.3 is 0 Å². The summed E-state index contributed by atoms with van der Waals surface area (Å²) in [4.78, 5) is 0. The van der Waals surface area contributed by atoms with Crippen LogP contribution in [-0.2, 0) is 0 Å². The van der Waals surface area contributed by atoms with E-state index in [1.807, 2.05) is 0 Å². The predicted octanol–water partition coefficient (Wildman–Crippen LogP) is 1.37. The molecule has 0 aromatic heterocycles. The Morgan fingerprint density at radius 3 is 1.00 bits per heavy atom. The molecule has 0 fully saturated rings. The Bertz CT molecular complexity index is 8.00. The van der Waals surface area contributed by atoms with Crippen LogP contribution < -0.4 is 0 Å². The molecule has 0 aliphatic rings. The number of hydrogen-bond acceptors (Lipinski definition) is 0. The molecule has 0 spiro atoms. The molecule has 0 aliphatic heterocycles. The van der Waals surface area contributed by atoms with Crippen molar-refractivity contribution in [2.45, 2.75) is 17.4 Å². The molecule has 0 saturated heterocycles. The van der Waals surface area contributed by atoms with Crippen LogP contribution in [0, 0.1) is 0 Å². The SMILES string of the molecule is [CH3][Al-3]([CH3])[CH3]. The van der Waals surface area contributed by atoms with Crippen molar-refractivity contribution in [1.82, 2.24) is 0 Å². The zero-order chi connectivity index (χ0) is 3.58. The summed E-state index contributed by atoms with van der Waals surface area (Å²) >= 11 is -0.139. The quantitative estimate of drug-likeness (QED) is 0.379. The van der Waals surface area contributed by atoms with E-state index in [4.69, 9.17) is 0 Å². The average molecular weight is 72.1 g/mol. The van der Waals surface area contributed by atoms with E-state index in [1.165, 1.54) is 0 Å². The van der Waals surface area contributed by atoms with Crippen LogP contribution in [0.2, 0.25) is 17.4 Å². The zero-order valence-electron chi connectivity index (χ0n) is 3.58. The molecule has 27 valence electrons. The lowest BCUT2D eigenvalue weighted by Gasteiger charge is -2.56. The van der Waals surface area contributed by atoms with Gasteiger partial charge in [-0.05, 0) is 0 Å². The highest BCUT2D eigenvalue weighted by atomic mass is 27.2. The molecule has 0 aromatic carbocycles. The summed E-state index contributed by atoms with van der Waals surface area (Å²) < 4.78 is 0. The second kappa shape index (κ2) is 1.82. The van der Waals surface area contributed by atoms with Crippen LogP contribution in [0.25, 0.3) is 0 Å². The van der Waals surface area contributed by atoms with E-state index >= 15 is 0 Å². The van der Waals surface area contributed by atoms with Gasteiger partial charge in [0.2, 0.25) is 0 Å². The summed E-state index contributed by atoms with van der Waals surface area (Å²) in [5.41, 5.74) is 0. The topological polar surface area (TPSA) is 0 Å². The maximum absolute atomic E-state index is 2.31. The van der Waals surface area contributed by atoms with Gasteiger partial charge in [0.05, 0.1) is 0 Å². The molecule has 4 heavy (non-hydrogen) atoms. The largest absolute Gasteiger partial charge is 1.15 e. The third-order valence-corrected chi connectivity index (χ3v) is 0. The second-order valence-corrected chi connectivity index (χ2v) is 5.20. The monoisotopic (exact) mass is 72.1 g/mol. The zero-order valence-corrected chi connectivity index (χ0v) is 4.73. The van der Waals surface area contributed by atoms with Crippen LogP contribution in [0.5, 0.6) is 0 Å². The lowest BCUT2D eigenvalue weighted by molar-refractivity contribution is 1.91. The van der Waals surface area contributed by atoms with Crippen molar-refractivity contribution in [3.05, 3.63) is 0 Å². The van der Waals surface area contributed by atoms with Gasteiger partial charge in [-0.15, -0.1) is 0 Å². The summed E-state index contributed by atoms with van der Waals surface area (Å²) in [5.74, 6) is 6.92. The Balaban J connectivity index is 2.32. The summed E-state index contributed by atoms with van der Waals surface area (Å²) in [7, 11) is 0. The minimum Gasteiger partial charge on any atom is -1.15 e. The third-order valence-electron chi connectivity index (χ3n) is 0. The van der Waals surface area contributed by atoms with Crippen LogP contribution in [-0.4, -0.2) is 14.1 Å². The van der Waals surface area contributed by atoms with Gasteiger partial charge in [-0.3, -0.25) is 0 Å². The average Bonchev–Trinajstić information content (AvgIpc) is 0.811. The van der Waals surface area contributed by atoms with Crippen molar-refractivity contribution in [3.8, 4) is 0 Å². The molecule has 0 amide bonds. The van der Waals surface area contributed by atoms with E-state index in [1.54, 1.807) is 0 Å². The first-order valence-electron chi connectivity index (χ1n) is 1.73. The maximum atomic E-state index is 2.31. The van der Waals surface area contributed by atoms with E-state index in [9.17, 15) is 0 Å². The highest BCUT2D eigenvalue weighted by molar-refractivity contribution is 6.54. The van der Waals surface area contributed by atoms with Crippen molar-refractivity contribution < 1.29 is 0 Å². The normalized spacial score (nSPS) is 9.00. The van der Waals surface area contributed by atoms with E-state index in [-0.39, 0.29) is 14.1 Å². The van der Waals surface area contributed by atoms with Gasteiger partial charge in [-0.25, -0.2) is 0 Å². The first kappa shape index (κ1) is 4.53. The summed E-state index contributed by atoms with van der Waals surface area (Å²) in [5, 5.41) is 0. The Labute approximate surface area is 32.2 Å².